The summed E-state index contributed by atoms with van der Waals surface area (Å²) in [7, 11) is 0. The molecule has 2 rings (SSSR count). The van der Waals surface area contributed by atoms with Crippen molar-refractivity contribution in [2.45, 2.75) is 20.8 Å². The summed E-state index contributed by atoms with van der Waals surface area (Å²) in [6.07, 6.45) is 0. The fourth-order valence-electron chi connectivity index (χ4n) is 2.23. The third-order valence-corrected chi connectivity index (χ3v) is 3.32. The number of aromatic nitrogens is 2. The van der Waals surface area contributed by atoms with Crippen LogP contribution in [0.3, 0.4) is 0 Å². The van der Waals surface area contributed by atoms with Crippen molar-refractivity contribution < 1.29 is 0 Å². The molecule has 104 valence electrons. The highest BCUT2D eigenvalue weighted by atomic mass is 15.4. The number of aryl methyl sites for hydroxylation is 1. The molecule has 20 heavy (non-hydrogen) atoms. The van der Waals surface area contributed by atoms with Gasteiger partial charge in [0.2, 0.25) is 0 Å². The first-order chi connectivity index (χ1) is 9.62. The van der Waals surface area contributed by atoms with Crippen molar-refractivity contribution in [1.82, 2.24) is 9.78 Å². The van der Waals surface area contributed by atoms with E-state index in [1.807, 2.05) is 49.9 Å². The molecule has 2 N–H and O–H groups in total. The average Bonchev–Trinajstić information content (AvgIpc) is 2.77. The summed E-state index contributed by atoms with van der Waals surface area (Å²) < 4.78 is 1.64. The van der Waals surface area contributed by atoms with Crippen molar-refractivity contribution >= 4 is 11.6 Å². The highest BCUT2D eigenvalue weighted by Crippen LogP contribution is 2.27. The Kier molecular flexibility index (Phi) is 3.94. The second-order valence-corrected chi connectivity index (χ2v) is 4.62. The van der Waals surface area contributed by atoms with E-state index in [0.717, 1.165) is 24.3 Å². The SMILES string of the molecule is CCN(CC)c1nn(-c2cccc(C)c2)c(N)c1C#N. The molecule has 0 atom stereocenters. The number of nitrogens with two attached hydrogens (primary N) is 1. The van der Waals surface area contributed by atoms with Gasteiger partial charge in [-0.05, 0) is 38.5 Å². The van der Waals surface area contributed by atoms with E-state index in [1.54, 1.807) is 4.68 Å². The number of hydrogen-bond acceptors (Lipinski definition) is 4. The van der Waals surface area contributed by atoms with Gasteiger partial charge in [-0.3, -0.25) is 0 Å². The van der Waals surface area contributed by atoms with E-state index in [4.69, 9.17) is 5.73 Å². The first kappa shape index (κ1) is 13.9. The van der Waals surface area contributed by atoms with Gasteiger partial charge in [0, 0.05) is 13.1 Å². The molecular weight excluding hydrogens is 250 g/mol. The second-order valence-electron chi connectivity index (χ2n) is 4.62. The zero-order valence-electron chi connectivity index (χ0n) is 12.1. The molecule has 1 heterocycles. The van der Waals surface area contributed by atoms with Crippen molar-refractivity contribution in [3.8, 4) is 11.8 Å². The Labute approximate surface area is 119 Å². The molecule has 0 saturated carbocycles. The quantitative estimate of drug-likeness (QED) is 0.925. The van der Waals surface area contributed by atoms with Crippen LogP contribution >= 0.6 is 0 Å². The van der Waals surface area contributed by atoms with Gasteiger partial charge in [0.15, 0.2) is 5.82 Å². The first-order valence-corrected chi connectivity index (χ1v) is 6.72. The minimum absolute atomic E-state index is 0.389. The van der Waals surface area contributed by atoms with Crippen LogP contribution in [0.1, 0.15) is 25.0 Å². The fraction of sp³-hybridized carbons (Fsp3) is 0.333. The van der Waals surface area contributed by atoms with Crippen LogP contribution in [0.15, 0.2) is 24.3 Å². The van der Waals surface area contributed by atoms with Gasteiger partial charge in [0.05, 0.1) is 5.69 Å². The lowest BCUT2D eigenvalue weighted by molar-refractivity contribution is 0.808. The monoisotopic (exact) mass is 269 g/mol. The molecule has 0 amide bonds. The summed E-state index contributed by atoms with van der Waals surface area (Å²) in [5, 5.41) is 13.9. The lowest BCUT2D eigenvalue weighted by Gasteiger charge is -2.17. The molecule has 5 heteroatoms. The molecule has 0 aliphatic rings. The Morgan fingerprint density at radius 2 is 2.05 bits per heavy atom. The minimum atomic E-state index is 0.389. The normalized spacial score (nSPS) is 10.3. The molecule has 1 aromatic heterocycles. The van der Waals surface area contributed by atoms with Crippen LogP contribution in [0.5, 0.6) is 0 Å². The molecule has 0 aliphatic carbocycles. The fourth-order valence-corrected chi connectivity index (χ4v) is 2.23. The zero-order chi connectivity index (χ0) is 14.7. The Balaban J connectivity index is 2.59. The third-order valence-electron chi connectivity index (χ3n) is 3.32. The van der Waals surface area contributed by atoms with Gasteiger partial charge < -0.3 is 10.6 Å². The highest BCUT2D eigenvalue weighted by molar-refractivity contribution is 5.67. The number of hydrogen-bond donors (Lipinski definition) is 1. The van der Waals surface area contributed by atoms with Gasteiger partial charge in [0.1, 0.15) is 17.5 Å². The zero-order valence-corrected chi connectivity index (χ0v) is 12.1. The molecule has 0 bridgehead atoms. The highest BCUT2D eigenvalue weighted by Gasteiger charge is 2.19. The average molecular weight is 269 g/mol. The maximum atomic E-state index is 9.34. The summed E-state index contributed by atoms with van der Waals surface area (Å²) in [6.45, 7) is 7.66. The number of rotatable bonds is 4. The summed E-state index contributed by atoms with van der Waals surface area (Å²) >= 11 is 0. The molecule has 5 nitrogen and oxygen atoms in total. The molecule has 2 aromatic rings. The standard InChI is InChI=1S/C15H19N5/c1-4-19(5-2)15-13(10-16)14(17)20(18-15)12-8-6-7-11(3)9-12/h6-9H,4-5,17H2,1-3H3. The van der Waals surface area contributed by atoms with Gasteiger partial charge in [-0.15, -0.1) is 5.10 Å². The first-order valence-electron chi connectivity index (χ1n) is 6.72. The Morgan fingerprint density at radius 1 is 1.35 bits per heavy atom. The van der Waals surface area contributed by atoms with Crippen molar-refractivity contribution in [1.29, 1.82) is 5.26 Å². The van der Waals surface area contributed by atoms with Gasteiger partial charge in [-0.1, -0.05) is 12.1 Å². The van der Waals surface area contributed by atoms with Crippen LogP contribution in [0.4, 0.5) is 11.6 Å². The van der Waals surface area contributed by atoms with Gasteiger partial charge in [0.25, 0.3) is 0 Å². The molecule has 0 aliphatic heterocycles. The maximum Gasteiger partial charge on any atom is 0.171 e. The predicted molar refractivity (Wildman–Crippen MR) is 81.0 cm³/mol. The van der Waals surface area contributed by atoms with E-state index in [9.17, 15) is 5.26 Å². The van der Waals surface area contributed by atoms with E-state index in [0.29, 0.717) is 17.2 Å². The number of nitriles is 1. The molecule has 0 fully saturated rings. The molecule has 0 saturated heterocycles. The Morgan fingerprint density at radius 3 is 2.60 bits per heavy atom. The Bertz CT molecular complexity index is 647. The van der Waals surface area contributed by atoms with Crippen molar-refractivity contribution in [2.75, 3.05) is 23.7 Å². The smallest absolute Gasteiger partial charge is 0.171 e. The number of anilines is 2. The summed E-state index contributed by atoms with van der Waals surface area (Å²) in [5.74, 6) is 1.04. The molecule has 0 spiro atoms. The van der Waals surface area contributed by atoms with E-state index in [-0.39, 0.29) is 0 Å². The van der Waals surface area contributed by atoms with Crippen LogP contribution in [0, 0.1) is 18.3 Å². The summed E-state index contributed by atoms with van der Waals surface area (Å²) in [4.78, 5) is 2.03. The lowest BCUT2D eigenvalue weighted by Crippen LogP contribution is -2.23. The topological polar surface area (TPSA) is 70.9 Å². The second kappa shape index (κ2) is 5.66. The van der Waals surface area contributed by atoms with Crippen molar-refractivity contribution in [3.63, 3.8) is 0 Å². The third kappa shape index (κ3) is 2.32. The van der Waals surface area contributed by atoms with Crippen LogP contribution < -0.4 is 10.6 Å². The van der Waals surface area contributed by atoms with E-state index in [1.165, 1.54) is 0 Å². The molecule has 0 unspecified atom stereocenters. The maximum absolute atomic E-state index is 9.34. The molecule has 0 radical (unpaired) electrons. The number of nitrogens with zero attached hydrogens (tertiary/aromatic N) is 4. The van der Waals surface area contributed by atoms with Crippen LogP contribution in [-0.2, 0) is 0 Å². The summed E-state index contributed by atoms with van der Waals surface area (Å²) in [6, 6.07) is 10.1. The van der Waals surface area contributed by atoms with Gasteiger partial charge in [-0.25, -0.2) is 4.68 Å². The van der Waals surface area contributed by atoms with Crippen molar-refractivity contribution in [3.05, 3.63) is 35.4 Å². The van der Waals surface area contributed by atoms with Crippen LogP contribution in [-0.4, -0.2) is 22.9 Å². The predicted octanol–water partition coefficient (Wildman–Crippen LogP) is 2.48. The number of nitrogen functional groups attached to an aromatic ring is 1. The van der Waals surface area contributed by atoms with Crippen LogP contribution in [0.25, 0.3) is 5.69 Å². The minimum Gasteiger partial charge on any atom is -0.382 e. The molecule has 1 aromatic carbocycles. The van der Waals surface area contributed by atoms with Crippen LogP contribution in [0.2, 0.25) is 0 Å². The lowest BCUT2D eigenvalue weighted by atomic mass is 10.2. The van der Waals surface area contributed by atoms with Gasteiger partial charge in [-0.2, -0.15) is 5.26 Å². The summed E-state index contributed by atoms with van der Waals surface area (Å²) in [5.41, 5.74) is 8.53. The largest absolute Gasteiger partial charge is 0.382 e. The van der Waals surface area contributed by atoms with E-state index >= 15 is 0 Å². The Hall–Kier alpha value is -2.48. The van der Waals surface area contributed by atoms with Crippen molar-refractivity contribution in [2.24, 2.45) is 0 Å². The number of benzene rings is 1. The van der Waals surface area contributed by atoms with E-state index in [2.05, 4.69) is 11.2 Å². The van der Waals surface area contributed by atoms with E-state index < -0.39 is 0 Å². The van der Waals surface area contributed by atoms with Gasteiger partial charge >= 0.3 is 0 Å². The molecular formula is C15H19N5.